The van der Waals surface area contributed by atoms with Gasteiger partial charge in [0.15, 0.2) is 0 Å². The first-order chi connectivity index (χ1) is 24.7. The van der Waals surface area contributed by atoms with E-state index in [1.807, 2.05) is 78.9 Å². The van der Waals surface area contributed by atoms with Crippen LogP contribution in [-0.4, -0.2) is 9.13 Å². The van der Waals surface area contributed by atoms with Gasteiger partial charge in [-0.25, -0.2) is 0 Å². The largest absolute Gasteiger partial charge is 0.309 e. The van der Waals surface area contributed by atoms with Crippen molar-refractivity contribution in [3.05, 3.63) is 168 Å². The van der Waals surface area contributed by atoms with Gasteiger partial charge in [-0.1, -0.05) is 91.0 Å². The second kappa shape index (κ2) is 11.4. The lowest BCUT2D eigenvalue weighted by Gasteiger charge is -2.17. The first-order valence-electron chi connectivity index (χ1n) is 16.3. The molecule has 7 aromatic carbocycles. The van der Waals surface area contributed by atoms with E-state index in [-0.39, 0.29) is 0 Å². The maximum absolute atomic E-state index is 10.8. The molecule has 0 aliphatic carbocycles. The quantitative estimate of drug-likeness (QED) is 0.193. The fourth-order valence-corrected chi connectivity index (χ4v) is 7.54. The molecule has 0 fully saturated rings. The Kier molecular flexibility index (Phi) is 6.56. The van der Waals surface area contributed by atoms with Crippen molar-refractivity contribution in [3.63, 3.8) is 0 Å². The van der Waals surface area contributed by atoms with E-state index in [0.717, 1.165) is 66.5 Å². The molecule has 0 amide bonds. The molecule has 0 spiro atoms. The van der Waals surface area contributed by atoms with Gasteiger partial charge >= 0.3 is 0 Å². The molecule has 0 unspecified atom stereocenters. The van der Waals surface area contributed by atoms with Crippen LogP contribution in [0.25, 0.3) is 77.2 Å². The second-order valence-electron chi connectivity index (χ2n) is 12.3. The van der Waals surface area contributed by atoms with E-state index in [9.17, 15) is 15.8 Å². The number of hydrogen-bond donors (Lipinski definition) is 0. The van der Waals surface area contributed by atoms with Crippen LogP contribution in [0, 0.1) is 34.0 Å². The average Bonchev–Trinajstić information content (AvgIpc) is 3.70. The van der Waals surface area contributed by atoms with E-state index in [4.69, 9.17) is 0 Å². The van der Waals surface area contributed by atoms with E-state index in [0.29, 0.717) is 16.7 Å². The van der Waals surface area contributed by atoms with Crippen LogP contribution in [0.4, 0.5) is 0 Å². The highest BCUT2D eigenvalue weighted by Crippen LogP contribution is 2.40. The number of para-hydroxylation sites is 3. The number of fused-ring (bicyclic) bond motifs is 6. The summed E-state index contributed by atoms with van der Waals surface area (Å²) in [6, 6.07) is 57.8. The smallest absolute Gasteiger partial charge is 0.100 e. The summed E-state index contributed by atoms with van der Waals surface area (Å²) in [6.07, 6.45) is 0. The molecule has 5 nitrogen and oxygen atoms in total. The van der Waals surface area contributed by atoms with Gasteiger partial charge in [-0.05, 0) is 66.2 Å². The van der Waals surface area contributed by atoms with Crippen LogP contribution in [-0.2, 0) is 0 Å². The summed E-state index contributed by atoms with van der Waals surface area (Å²) in [5.74, 6) is 0. The first-order valence-corrected chi connectivity index (χ1v) is 16.3. The second-order valence-corrected chi connectivity index (χ2v) is 12.3. The maximum Gasteiger partial charge on any atom is 0.100 e. The minimum Gasteiger partial charge on any atom is -0.309 e. The average molecular weight is 636 g/mol. The predicted octanol–water partition coefficient (Wildman–Crippen LogP) is 10.8. The number of hydrogen-bond acceptors (Lipinski definition) is 3. The molecule has 9 aromatic rings. The van der Waals surface area contributed by atoms with E-state index in [1.165, 1.54) is 10.8 Å². The highest BCUT2D eigenvalue weighted by Gasteiger charge is 2.20. The molecular formula is C45H25N5. The fraction of sp³-hybridized carbons (Fsp3) is 0. The number of nitriles is 3. The number of benzene rings is 7. The van der Waals surface area contributed by atoms with E-state index in [1.54, 1.807) is 6.07 Å². The summed E-state index contributed by atoms with van der Waals surface area (Å²) in [7, 11) is 0. The molecular weight excluding hydrogens is 611 g/mol. The standard InChI is InChI=1S/C45H25N5/c46-26-29-22-23-43-38(24-29)45-31(27-47)11-8-21-44(45)49(43)32-12-7-10-30(25-32)33-16-9-17-34(39(33)28-48)35-13-1-4-18-40(35)50-41-19-5-2-14-36(41)37-15-3-6-20-42(37)50/h1-25H. The molecule has 50 heavy (non-hydrogen) atoms. The zero-order valence-electron chi connectivity index (χ0n) is 26.7. The van der Waals surface area contributed by atoms with Crippen molar-refractivity contribution in [1.29, 1.82) is 15.8 Å². The number of nitrogens with zero attached hydrogens (tertiary/aromatic N) is 5. The lowest BCUT2D eigenvalue weighted by molar-refractivity contribution is 1.18. The molecule has 0 radical (unpaired) electrons. The summed E-state index contributed by atoms with van der Waals surface area (Å²) in [5, 5.41) is 34.5. The monoisotopic (exact) mass is 635 g/mol. The van der Waals surface area contributed by atoms with Crippen LogP contribution < -0.4 is 0 Å². The van der Waals surface area contributed by atoms with Gasteiger partial charge in [-0.3, -0.25) is 0 Å². The SMILES string of the molecule is N#Cc1ccc2c(c1)c1c(C#N)cccc1n2-c1cccc(-c2cccc(-c3ccccc3-n3c4ccccc4c4ccccc43)c2C#N)c1. The van der Waals surface area contributed by atoms with E-state index < -0.39 is 0 Å². The molecule has 0 aliphatic rings. The van der Waals surface area contributed by atoms with Crippen LogP contribution in [0.15, 0.2) is 152 Å². The van der Waals surface area contributed by atoms with Crippen molar-refractivity contribution in [1.82, 2.24) is 9.13 Å². The van der Waals surface area contributed by atoms with Gasteiger partial charge in [0.25, 0.3) is 0 Å². The van der Waals surface area contributed by atoms with Crippen molar-refractivity contribution in [2.45, 2.75) is 0 Å². The summed E-state index contributed by atoms with van der Waals surface area (Å²) in [5.41, 5.74) is 11.1. The summed E-state index contributed by atoms with van der Waals surface area (Å²) >= 11 is 0. The topological polar surface area (TPSA) is 81.2 Å². The van der Waals surface area contributed by atoms with Crippen molar-refractivity contribution < 1.29 is 0 Å². The van der Waals surface area contributed by atoms with Crippen molar-refractivity contribution in [2.24, 2.45) is 0 Å². The van der Waals surface area contributed by atoms with Gasteiger partial charge in [0.05, 0.1) is 56.6 Å². The normalized spacial score (nSPS) is 11.1. The Bertz CT molecular complexity index is 2920. The third kappa shape index (κ3) is 4.24. The third-order valence-corrected chi connectivity index (χ3v) is 9.65. The van der Waals surface area contributed by atoms with Crippen molar-refractivity contribution in [3.8, 4) is 51.8 Å². The lowest BCUT2D eigenvalue weighted by Crippen LogP contribution is -1.99. The molecule has 0 aliphatic heterocycles. The Balaban J connectivity index is 1.25. The molecule has 2 heterocycles. The van der Waals surface area contributed by atoms with Gasteiger partial charge in [-0.15, -0.1) is 0 Å². The van der Waals surface area contributed by atoms with Gasteiger partial charge in [-0.2, -0.15) is 15.8 Å². The van der Waals surface area contributed by atoms with Crippen molar-refractivity contribution in [2.75, 3.05) is 0 Å². The Labute approximate surface area is 287 Å². The number of aromatic nitrogens is 2. The van der Waals surface area contributed by atoms with Crippen LogP contribution in [0.1, 0.15) is 16.7 Å². The maximum atomic E-state index is 10.8. The molecule has 5 heteroatoms. The third-order valence-electron chi connectivity index (χ3n) is 9.65. The van der Waals surface area contributed by atoms with E-state index in [2.05, 4.69) is 94.1 Å². The molecule has 0 saturated carbocycles. The molecule has 9 rings (SSSR count). The molecule has 230 valence electrons. The van der Waals surface area contributed by atoms with Crippen LogP contribution in [0.5, 0.6) is 0 Å². The Morgan fingerprint density at radius 3 is 1.82 bits per heavy atom. The minimum absolute atomic E-state index is 0.537. The Morgan fingerprint density at radius 1 is 0.420 bits per heavy atom. The predicted molar refractivity (Wildman–Crippen MR) is 200 cm³/mol. The van der Waals surface area contributed by atoms with Crippen LogP contribution >= 0.6 is 0 Å². The molecule has 0 saturated heterocycles. The van der Waals surface area contributed by atoms with Gasteiger partial charge in [0.2, 0.25) is 0 Å². The Morgan fingerprint density at radius 2 is 1.06 bits per heavy atom. The van der Waals surface area contributed by atoms with Crippen molar-refractivity contribution >= 4 is 43.6 Å². The van der Waals surface area contributed by atoms with Crippen LogP contribution in [0.3, 0.4) is 0 Å². The van der Waals surface area contributed by atoms with Crippen LogP contribution in [0.2, 0.25) is 0 Å². The minimum atomic E-state index is 0.537. The van der Waals surface area contributed by atoms with E-state index >= 15 is 0 Å². The highest BCUT2D eigenvalue weighted by molar-refractivity contribution is 6.12. The highest BCUT2D eigenvalue weighted by atomic mass is 15.0. The molecule has 2 aromatic heterocycles. The van der Waals surface area contributed by atoms with Gasteiger partial charge in [0.1, 0.15) is 6.07 Å². The molecule has 0 atom stereocenters. The first kappa shape index (κ1) is 28.8. The lowest BCUT2D eigenvalue weighted by atomic mass is 9.91. The number of rotatable bonds is 4. The van der Waals surface area contributed by atoms with Gasteiger partial charge < -0.3 is 9.13 Å². The summed E-state index contributed by atoms with van der Waals surface area (Å²) < 4.78 is 4.42. The summed E-state index contributed by atoms with van der Waals surface area (Å²) in [6.45, 7) is 0. The molecule has 0 N–H and O–H groups in total. The molecule has 0 bridgehead atoms. The fourth-order valence-electron chi connectivity index (χ4n) is 7.54. The zero-order valence-corrected chi connectivity index (χ0v) is 26.7. The zero-order chi connectivity index (χ0) is 33.8. The Hall–Kier alpha value is -7.39. The summed E-state index contributed by atoms with van der Waals surface area (Å²) in [4.78, 5) is 0. The van der Waals surface area contributed by atoms with Gasteiger partial charge in [0, 0.05) is 43.9 Å².